The molecule has 1 aromatic heterocycles. The van der Waals surface area contributed by atoms with Crippen molar-refractivity contribution in [2.45, 2.75) is 0 Å². The molecule has 23 rings (SSSR count). The third kappa shape index (κ3) is 16.1. The molecule has 0 saturated carbocycles. The zero-order valence-corrected chi connectivity index (χ0v) is 73.1. The van der Waals surface area contributed by atoms with E-state index in [9.17, 15) is 0 Å². The van der Waals surface area contributed by atoms with Gasteiger partial charge in [0.25, 0.3) is 0 Å². The van der Waals surface area contributed by atoms with Crippen molar-refractivity contribution in [2.75, 3.05) is 19.6 Å². The molecule has 0 N–H and O–H groups in total. The Balaban J connectivity index is 0.598. The summed E-state index contributed by atoms with van der Waals surface area (Å²) >= 11 is 0. The SMILES string of the molecule is c1ccc(-c2ccc(N(c3ccc(-c4ccccc4)cc3)c3cc(-c4ccc5ccccc5c4)cc(N(c4ccccc4)c4ccc(-c5ccc(-c6cccc(-c7ccc(N(c8ccc(-c9ccccc9)cc8)c8cc(-c9ccc%10ccccc%10c9)cc(N(c9ccc(-c%10ccccc%10)cc9)c9cccc%10c9c9ccccc9n%10-c9ccccc9)c8)cc7)c6)cc5)cc4)c3)cc2)cc1. The van der Waals surface area contributed by atoms with Gasteiger partial charge in [-0.05, 0) is 292 Å². The molecule has 23 aromatic rings. The van der Waals surface area contributed by atoms with Gasteiger partial charge in [0.1, 0.15) is 0 Å². The normalized spacial score (nSPS) is 11.3. The quantitative estimate of drug-likeness (QED) is 0.0673. The minimum absolute atomic E-state index is 1.00. The van der Waals surface area contributed by atoms with E-state index < -0.39 is 0 Å². The van der Waals surface area contributed by atoms with Crippen LogP contribution in [0.25, 0.3) is 149 Å². The fourth-order valence-electron chi connectivity index (χ4n) is 19.2. The molecule has 0 bridgehead atoms. The van der Waals surface area contributed by atoms with E-state index >= 15 is 0 Å². The molecule has 5 nitrogen and oxygen atoms in total. The lowest BCUT2D eigenvalue weighted by Gasteiger charge is -2.31. The Bertz CT molecular complexity index is 8010. The van der Waals surface area contributed by atoms with E-state index in [4.69, 9.17) is 0 Å². The maximum atomic E-state index is 2.49. The summed E-state index contributed by atoms with van der Waals surface area (Å²) in [7, 11) is 0. The van der Waals surface area contributed by atoms with Gasteiger partial charge < -0.3 is 24.2 Å². The molecule has 0 spiro atoms. The van der Waals surface area contributed by atoms with E-state index in [1.165, 1.54) is 43.6 Å². The van der Waals surface area contributed by atoms with Crippen LogP contribution in [-0.4, -0.2) is 4.57 Å². The number of anilines is 12. The third-order valence-electron chi connectivity index (χ3n) is 25.9. The van der Waals surface area contributed by atoms with Gasteiger partial charge in [0.05, 0.1) is 16.7 Å². The number of rotatable bonds is 22. The van der Waals surface area contributed by atoms with Crippen molar-refractivity contribution < 1.29 is 0 Å². The summed E-state index contributed by atoms with van der Waals surface area (Å²) in [5.41, 5.74) is 36.2. The van der Waals surface area contributed by atoms with Crippen LogP contribution >= 0.6 is 0 Å². The predicted octanol–water partition coefficient (Wildman–Crippen LogP) is 36.0. The summed E-state index contributed by atoms with van der Waals surface area (Å²) < 4.78 is 2.41. The molecule has 0 saturated heterocycles. The first-order chi connectivity index (χ1) is 65.9. The number of para-hydroxylation sites is 3. The van der Waals surface area contributed by atoms with Crippen molar-refractivity contribution in [3.8, 4) is 106 Å². The molecule has 133 heavy (non-hydrogen) atoms. The Kier molecular flexibility index (Phi) is 21.4. The van der Waals surface area contributed by atoms with Crippen molar-refractivity contribution in [3.05, 3.63) is 540 Å². The van der Waals surface area contributed by atoms with Gasteiger partial charge in [-0.1, -0.05) is 370 Å². The predicted molar refractivity (Wildman–Crippen MR) is 563 cm³/mol. The van der Waals surface area contributed by atoms with Crippen LogP contribution in [-0.2, 0) is 0 Å². The molecule has 0 aliphatic rings. The Hall–Kier alpha value is -17.6. The van der Waals surface area contributed by atoms with Crippen LogP contribution in [0.5, 0.6) is 0 Å². The van der Waals surface area contributed by atoms with Gasteiger partial charge in [-0.25, -0.2) is 0 Å². The van der Waals surface area contributed by atoms with Crippen LogP contribution in [0.3, 0.4) is 0 Å². The molecule has 0 amide bonds. The van der Waals surface area contributed by atoms with Crippen molar-refractivity contribution in [1.82, 2.24) is 4.57 Å². The number of hydrogen-bond donors (Lipinski definition) is 0. The smallest absolute Gasteiger partial charge is 0.0562 e. The summed E-state index contributed by atoms with van der Waals surface area (Å²) in [6, 6.07) is 198. The lowest BCUT2D eigenvalue weighted by Crippen LogP contribution is -2.14. The maximum absolute atomic E-state index is 2.49. The van der Waals surface area contributed by atoms with E-state index in [1.807, 2.05) is 0 Å². The number of benzene rings is 22. The molecule has 626 valence electrons. The minimum atomic E-state index is 1.00. The van der Waals surface area contributed by atoms with Crippen molar-refractivity contribution in [3.63, 3.8) is 0 Å². The summed E-state index contributed by atoms with van der Waals surface area (Å²) in [4.78, 5) is 9.73. The van der Waals surface area contributed by atoms with Gasteiger partial charge in [-0.3, -0.25) is 0 Å². The van der Waals surface area contributed by atoms with Crippen molar-refractivity contribution in [1.29, 1.82) is 0 Å². The molecule has 5 heteroatoms. The van der Waals surface area contributed by atoms with Gasteiger partial charge in [-0.15, -0.1) is 0 Å². The van der Waals surface area contributed by atoms with Gasteiger partial charge >= 0.3 is 0 Å². The summed E-state index contributed by atoms with van der Waals surface area (Å²) in [6.45, 7) is 0. The van der Waals surface area contributed by atoms with Gasteiger partial charge in [0.2, 0.25) is 0 Å². The summed E-state index contributed by atoms with van der Waals surface area (Å²) in [5.74, 6) is 0. The van der Waals surface area contributed by atoms with Crippen LogP contribution in [0.2, 0.25) is 0 Å². The third-order valence-corrected chi connectivity index (χ3v) is 25.9. The summed E-state index contributed by atoms with van der Waals surface area (Å²) in [5, 5.41) is 7.09. The van der Waals surface area contributed by atoms with Crippen LogP contribution in [0, 0.1) is 0 Å². The first kappa shape index (κ1) is 80.0. The Labute approximate surface area is 776 Å². The molecule has 0 radical (unpaired) electrons. The van der Waals surface area contributed by atoms with Crippen LogP contribution in [0.4, 0.5) is 68.2 Å². The highest BCUT2D eigenvalue weighted by Gasteiger charge is 2.27. The lowest BCUT2D eigenvalue weighted by molar-refractivity contribution is 1.18. The topological polar surface area (TPSA) is 17.9 Å². The molecule has 1 heterocycles. The van der Waals surface area contributed by atoms with E-state index in [-0.39, 0.29) is 0 Å². The monoisotopic (exact) mass is 1700 g/mol. The molecule has 22 aromatic carbocycles. The first-order valence-corrected chi connectivity index (χ1v) is 45.6. The van der Waals surface area contributed by atoms with Gasteiger partial charge in [0, 0.05) is 79.0 Å². The van der Waals surface area contributed by atoms with E-state index in [0.717, 1.165) is 174 Å². The molecule has 0 atom stereocenters. The highest BCUT2D eigenvalue weighted by molar-refractivity contribution is 6.17. The maximum Gasteiger partial charge on any atom is 0.0562 e. The average molecular weight is 1700 g/mol. The van der Waals surface area contributed by atoms with E-state index in [1.54, 1.807) is 0 Å². The zero-order valence-electron chi connectivity index (χ0n) is 73.1. The molecular weight excluding hydrogens is 1610 g/mol. The number of nitrogens with zero attached hydrogens (tertiary/aromatic N) is 5. The molecule has 0 unspecified atom stereocenters. The van der Waals surface area contributed by atoms with Crippen LogP contribution in [0.1, 0.15) is 0 Å². The van der Waals surface area contributed by atoms with Gasteiger partial charge in [-0.2, -0.15) is 0 Å². The molecule has 0 aliphatic carbocycles. The van der Waals surface area contributed by atoms with Crippen LogP contribution < -0.4 is 19.6 Å². The highest BCUT2D eigenvalue weighted by atomic mass is 15.2. The Morgan fingerprint density at radius 2 is 0.376 bits per heavy atom. The Morgan fingerprint density at radius 1 is 0.128 bits per heavy atom. The Morgan fingerprint density at radius 3 is 0.752 bits per heavy atom. The second-order valence-electron chi connectivity index (χ2n) is 34.0. The average Bonchev–Trinajstić information content (AvgIpc) is 1.59. The van der Waals surface area contributed by atoms with Crippen molar-refractivity contribution in [2.24, 2.45) is 0 Å². The highest BCUT2D eigenvalue weighted by Crippen LogP contribution is 2.51. The molecular formula is C128H89N5. The van der Waals surface area contributed by atoms with Crippen LogP contribution in [0.15, 0.2) is 540 Å². The van der Waals surface area contributed by atoms with E-state index in [2.05, 4.69) is 564 Å². The number of fused-ring (bicyclic) bond motifs is 5. The fraction of sp³-hybridized carbons (Fsp3) is 0. The summed E-state index contributed by atoms with van der Waals surface area (Å²) in [6.07, 6.45) is 0. The second kappa shape index (κ2) is 35.5. The largest absolute Gasteiger partial charge is 0.310 e. The van der Waals surface area contributed by atoms with Crippen molar-refractivity contribution >= 4 is 112 Å². The minimum Gasteiger partial charge on any atom is -0.310 e. The van der Waals surface area contributed by atoms with Gasteiger partial charge in [0.15, 0.2) is 0 Å². The zero-order chi connectivity index (χ0) is 88.3. The molecule has 0 fully saturated rings. The van der Waals surface area contributed by atoms with E-state index in [0.29, 0.717) is 0 Å². The lowest BCUT2D eigenvalue weighted by atomic mass is 9.96. The second-order valence-corrected chi connectivity index (χ2v) is 34.0. The molecule has 0 aliphatic heterocycles. The fourth-order valence-corrected chi connectivity index (χ4v) is 19.2. The number of aromatic nitrogens is 1. The number of hydrogen-bond acceptors (Lipinski definition) is 4. The standard InChI is InChI=1S/C128H89N5/c1-7-27-90(28-8-1)97-57-69-115(70-58-97)130(116-71-59-98(60-72-116)91-29-9-2-10-30-91)121-85-110(108-55-53-94-35-19-21-37-104(94)82-108)84-120(88-121)129(112-41-15-5-16-42-112)114-75-63-101(64-76-114)96-49-51-102(52-50-96)106-39-25-40-107(81-106)103-67-77-118(78-68-103)131(117-73-61-99(62-74-117)92-31-11-3-12-32-92)122-86-111(109-56-54-95-36-20-22-38-105(95)83-109)87-123(89-122)132(119-79-65-100(66-80-119)93-33-13-4-14-34-93)126-47-26-48-127-128(126)124-45-23-24-46-125(124)133(127)113-43-17-6-18-44-113/h1-89H. The first-order valence-electron chi connectivity index (χ1n) is 45.6.